The summed E-state index contributed by atoms with van der Waals surface area (Å²) in [4.78, 5) is 17.1. The fraction of sp³-hybridized carbons (Fsp3) is 0.571. The maximum Gasteiger partial charge on any atom is 0.254 e. The van der Waals surface area contributed by atoms with Crippen LogP contribution < -0.4 is 0 Å². The molecule has 0 bridgehead atoms. The molecule has 1 aromatic carbocycles. The molecule has 0 aromatic heterocycles. The number of benzene rings is 1. The van der Waals surface area contributed by atoms with E-state index in [4.69, 9.17) is 4.74 Å². The molecule has 2 aliphatic heterocycles. The quantitative estimate of drug-likeness (QED) is 0.774. The number of rotatable bonds is 2. The van der Waals surface area contributed by atoms with Crippen molar-refractivity contribution in [1.82, 2.24) is 9.80 Å². The van der Waals surface area contributed by atoms with Crippen LogP contribution in [0.5, 0.6) is 0 Å². The van der Waals surface area contributed by atoms with Crippen molar-refractivity contribution in [3.63, 3.8) is 0 Å². The largest absolute Gasteiger partial charge is 0.370 e. The van der Waals surface area contributed by atoms with Crippen LogP contribution in [0.1, 0.15) is 43.1 Å². The molecule has 25 heavy (non-hydrogen) atoms. The average molecular weight is 342 g/mol. The molecule has 0 saturated carbocycles. The van der Waals surface area contributed by atoms with Gasteiger partial charge < -0.3 is 14.5 Å². The van der Waals surface area contributed by atoms with Gasteiger partial charge in [-0.3, -0.25) is 4.79 Å². The summed E-state index contributed by atoms with van der Waals surface area (Å²) in [6.07, 6.45) is 3.39. The van der Waals surface area contributed by atoms with Crippen molar-refractivity contribution in [3.05, 3.63) is 47.0 Å². The monoisotopic (exact) mass is 342 g/mol. The summed E-state index contributed by atoms with van der Waals surface area (Å²) in [7, 11) is 2.13. The summed E-state index contributed by atoms with van der Waals surface area (Å²) in [5, 5.41) is 0. The van der Waals surface area contributed by atoms with E-state index in [0.717, 1.165) is 25.1 Å². The lowest BCUT2D eigenvalue weighted by molar-refractivity contribution is -0.00762. The van der Waals surface area contributed by atoms with Crippen LogP contribution in [0.4, 0.5) is 0 Å². The summed E-state index contributed by atoms with van der Waals surface area (Å²) in [6.45, 7) is 10.5. The third-order valence-corrected chi connectivity index (χ3v) is 5.13. The Morgan fingerprint density at radius 3 is 2.52 bits per heavy atom. The third-order valence-electron chi connectivity index (χ3n) is 5.13. The predicted molar refractivity (Wildman–Crippen MR) is 101 cm³/mol. The van der Waals surface area contributed by atoms with E-state index in [1.165, 1.54) is 11.1 Å². The van der Waals surface area contributed by atoms with Crippen LogP contribution in [0.2, 0.25) is 0 Å². The first kappa shape index (κ1) is 18.2. The zero-order chi connectivity index (χ0) is 18.0. The lowest BCUT2D eigenvalue weighted by atomic mass is 9.86. The molecule has 136 valence electrons. The second-order valence-electron chi connectivity index (χ2n) is 8.24. The van der Waals surface area contributed by atoms with E-state index in [2.05, 4.69) is 50.9 Å². The number of carbonyl (C=O) groups is 1. The van der Waals surface area contributed by atoms with Gasteiger partial charge in [-0.2, -0.15) is 0 Å². The molecular weight excluding hydrogens is 312 g/mol. The Kier molecular flexibility index (Phi) is 5.30. The minimum absolute atomic E-state index is 0.0364. The first-order chi connectivity index (χ1) is 11.8. The molecule has 0 radical (unpaired) electrons. The molecule has 1 amide bonds. The Balaban J connectivity index is 1.68. The van der Waals surface area contributed by atoms with E-state index < -0.39 is 0 Å². The van der Waals surface area contributed by atoms with Gasteiger partial charge >= 0.3 is 0 Å². The highest BCUT2D eigenvalue weighted by molar-refractivity contribution is 5.94. The topological polar surface area (TPSA) is 32.8 Å². The van der Waals surface area contributed by atoms with Crippen LogP contribution in [-0.2, 0) is 10.2 Å². The number of likely N-dealkylation sites (N-methyl/N-ethyl adjacent to an activating group) is 1. The number of carbonyl (C=O) groups excluding carboxylic acids is 1. The second-order valence-corrected chi connectivity index (χ2v) is 8.24. The van der Waals surface area contributed by atoms with Gasteiger partial charge in [0.15, 0.2) is 0 Å². The fourth-order valence-corrected chi connectivity index (χ4v) is 3.51. The average Bonchev–Trinajstić information content (AvgIpc) is 2.60. The Morgan fingerprint density at radius 2 is 1.88 bits per heavy atom. The molecule has 0 aliphatic carbocycles. The van der Waals surface area contributed by atoms with Crippen LogP contribution in [0.15, 0.2) is 35.9 Å². The van der Waals surface area contributed by atoms with Gasteiger partial charge in [-0.1, -0.05) is 39.0 Å². The van der Waals surface area contributed by atoms with E-state index in [-0.39, 0.29) is 17.4 Å². The lowest BCUT2D eigenvalue weighted by Gasteiger charge is -2.36. The minimum atomic E-state index is 0.0364. The predicted octanol–water partition coefficient (Wildman–Crippen LogP) is 3.09. The molecular formula is C21H30N2O2. The van der Waals surface area contributed by atoms with E-state index in [0.29, 0.717) is 19.7 Å². The molecule has 1 aromatic rings. The van der Waals surface area contributed by atoms with Gasteiger partial charge in [0.25, 0.3) is 5.91 Å². The Bertz CT molecular complexity index is 643. The number of hydrogen-bond donors (Lipinski definition) is 0. The second kappa shape index (κ2) is 7.30. The molecule has 1 saturated heterocycles. The van der Waals surface area contributed by atoms with E-state index in [9.17, 15) is 4.79 Å². The molecule has 1 atom stereocenters. The number of ether oxygens (including phenoxy) is 1. The van der Waals surface area contributed by atoms with Crippen molar-refractivity contribution >= 4 is 5.91 Å². The summed E-state index contributed by atoms with van der Waals surface area (Å²) in [6, 6.07) is 8.07. The molecule has 3 rings (SSSR count). The van der Waals surface area contributed by atoms with Gasteiger partial charge in [0.2, 0.25) is 0 Å². The first-order valence-electron chi connectivity index (χ1n) is 9.23. The maximum absolute atomic E-state index is 12.9. The van der Waals surface area contributed by atoms with Crippen LogP contribution in [0.25, 0.3) is 0 Å². The summed E-state index contributed by atoms with van der Waals surface area (Å²) >= 11 is 0. The summed E-state index contributed by atoms with van der Waals surface area (Å²) < 4.78 is 5.96. The van der Waals surface area contributed by atoms with Gasteiger partial charge in [-0.25, -0.2) is 0 Å². The van der Waals surface area contributed by atoms with Gasteiger partial charge in [0.1, 0.15) is 0 Å². The number of amides is 1. The SMILES string of the molecule is CN1CCC=C(C2CN(C(=O)c3ccc(C(C)(C)C)cc3)CCO2)C1. The Labute approximate surface area is 151 Å². The summed E-state index contributed by atoms with van der Waals surface area (Å²) in [5.74, 6) is 0.110. The number of morpholine rings is 1. The van der Waals surface area contributed by atoms with Crippen LogP contribution >= 0.6 is 0 Å². The van der Waals surface area contributed by atoms with Gasteiger partial charge in [-0.05, 0) is 42.2 Å². The molecule has 0 spiro atoms. The van der Waals surface area contributed by atoms with E-state index >= 15 is 0 Å². The highest BCUT2D eigenvalue weighted by Crippen LogP contribution is 2.24. The van der Waals surface area contributed by atoms with Crippen molar-refractivity contribution in [2.45, 2.75) is 38.7 Å². The summed E-state index contributed by atoms with van der Waals surface area (Å²) in [5.41, 5.74) is 3.43. The lowest BCUT2D eigenvalue weighted by Crippen LogP contribution is -2.48. The molecule has 1 unspecified atom stereocenters. The van der Waals surface area contributed by atoms with Gasteiger partial charge in [-0.15, -0.1) is 0 Å². The van der Waals surface area contributed by atoms with Gasteiger partial charge in [0, 0.05) is 25.2 Å². The number of nitrogens with zero attached hydrogens (tertiary/aromatic N) is 2. The highest BCUT2D eigenvalue weighted by Gasteiger charge is 2.28. The minimum Gasteiger partial charge on any atom is -0.370 e. The molecule has 4 nitrogen and oxygen atoms in total. The Morgan fingerprint density at radius 1 is 1.16 bits per heavy atom. The smallest absolute Gasteiger partial charge is 0.254 e. The molecule has 2 aliphatic rings. The van der Waals surface area contributed by atoms with Crippen LogP contribution in [-0.4, -0.2) is 61.6 Å². The van der Waals surface area contributed by atoms with Crippen molar-refractivity contribution < 1.29 is 9.53 Å². The van der Waals surface area contributed by atoms with Crippen molar-refractivity contribution in [2.24, 2.45) is 0 Å². The van der Waals surface area contributed by atoms with Crippen molar-refractivity contribution in [1.29, 1.82) is 0 Å². The molecule has 2 heterocycles. The third kappa shape index (κ3) is 4.31. The first-order valence-corrected chi connectivity index (χ1v) is 9.23. The zero-order valence-corrected chi connectivity index (χ0v) is 15.9. The highest BCUT2D eigenvalue weighted by atomic mass is 16.5. The van der Waals surface area contributed by atoms with Crippen molar-refractivity contribution in [2.75, 3.05) is 39.8 Å². The molecule has 1 fully saturated rings. The van der Waals surface area contributed by atoms with E-state index in [1.807, 2.05) is 17.0 Å². The number of hydrogen-bond acceptors (Lipinski definition) is 3. The van der Waals surface area contributed by atoms with Crippen LogP contribution in [0, 0.1) is 0 Å². The normalized spacial score (nSPS) is 22.6. The standard InChI is InChI=1S/C21H30N2O2/c1-21(2,3)18-9-7-16(8-10-18)20(24)23-12-13-25-19(15-23)17-6-5-11-22(4)14-17/h6-10,19H,5,11-15H2,1-4H3. The maximum atomic E-state index is 12.9. The van der Waals surface area contributed by atoms with E-state index in [1.54, 1.807) is 0 Å². The van der Waals surface area contributed by atoms with Gasteiger partial charge in [0.05, 0.1) is 19.3 Å². The van der Waals surface area contributed by atoms with Crippen LogP contribution in [0.3, 0.4) is 0 Å². The Hall–Kier alpha value is -1.65. The molecule has 0 N–H and O–H groups in total. The van der Waals surface area contributed by atoms with Crippen molar-refractivity contribution in [3.8, 4) is 0 Å². The molecule has 4 heteroatoms. The zero-order valence-electron chi connectivity index (χ0n) is 15.9. The fourth-order valence-electron chi connectivity index (χ4n) is 3.51.